The fraction of sp³-hybridized carbons (Fsp3) is 0.143. The number of carbonyl (C=O) groups is 2. The molecule has 0 aliphatic heterocycles. The third kappa shape index (κ3) is 1.55. The Labute approximate surface area is 57.6 Å². The molecule has 1 rings (SSSR count). The van der Waals surface area contributed by atoms with Gasteiger partial charge in [-0.3, -0.25) is 9.59 Å². The lowest BCUT2D eigenvalue weighted by Crippen LogP contribution is -2.01. The maximum absolute atomic E-state index is 10.5. The maximum atomic E-state index is 10.5. The zero-order valence-corrected chi connectivity index (χ0v) is 5.24. The molecule has 0 aromatic carbocycles. The van der Waals surface area contributed by atoms with Crippen molar-refractivity contribution in [2.45, 2.75) is 6.42 Å². The Hall–Kier alpha value is -1.38. The van der Waals surface area contributed by atoms with Gasteiger partial charge in [0.05, 0.1) is 12.7 Å². The van der Waals surface area contributed by atoms with E-state index in [0.29, 0.717) is 12.0 Å². The number of aldehydes is 1. The van der Waals surface area contributed by atoms with Gasteiger partial charge in [0, 0.05) is 0 Å². The molecule has 1 heterocycles. The van der Waals surface area contributed by atoms with E-state index in [1.807, 2.05) is 0 Å². The average molecular weight is 138 g/mol. The van der Waals surface area contributed by atoms with Gasteiger partial charge in [0.2, 0.25) is 5.78 Å². The Morgan fingerprint density at radius 1 is 1.70 bits per heavy atom. The third-order valence-corrected chi connectivity index (χ3v) is 1.06. The fourth-order valence-corrected chi connectivity index (χ4v) is 0.627. The van der Waals surface area contributed by atoms with Gasteiger partial charge in [0.25, 0.3) is 0 Å². The van der Waals surface area contributed by atoms with Crippen LogP contribution in [0.3, 0.4) is 0 Å². The molecule has 52 valence electrons. The van der Waals surface area contributed by atoms with E-state index in [9.17, 15) is 9.59 Å². The average Bonchev–Trinajstić information content (AvgIpc) is 2.40. The molecular formula is C7H6O3. The van der Waals surface area contributed by atoms with Crippen molar-refractivity contribution in [3.63, 3.8) is 0 Å². The summed E-state index contributed by atoms with van der Waals surface area (Å²) in [5.41, 5.74) is 0. The molecule has 1 aromatic heterocycles. The molecule has 0 atom stereocenters. The molecule has 3 heteroatoms. The predicted octanol–water partition coefficient (Wildman–Crippen LogP) is 0.590. The molecule has 3 nitrogen and oxygen atoms in total. The van der Waals surface area contributed by atoms with Gasteiger partial charge in [-0.1, -0.05) is 0 Å². The van der Waals surface area contributed by atoms with Crippen LogP contribution < -0.4 is 0 Å². The second kappa shape index (κ2) is 2.96. The normalized spacial score (nSPS) is 9.20. The van der Waals surface area contributed by atoms with E-state index in [-0.39, 0.29) is 6.42 Å². The van der Waals surface area contributed by atoms with Gasteiger partial charge < -0.3 is 4.42 Å². The minimum absolute atomic E-state index is 0.0660. The highest BCUT2D eigenvalue weighted by Gasteiger charge is 2.02. The summed E-state index contributed by atoms with van der Waals surface area (Å²) in [6, 6.07) is 3.33. The van der Waals surface area contributed by atoms with Crippen molar-refractivity contribution in [2.75, 3.05) is 0 Å². The first-order valence-electron chi connectivity index (χ1n) is 2.83. The molecule has 0 bridgehead atoms. The quantitative estimate of drug-likeness (QED) is 0.453. The van der Waals surface area contributed by atoms with Crippen molar-refractivity contribution in [1.29, 1.82) is 0 Å². The largest absolute Gasteiger partial charge is 0.469 e. The molecule has 1 aromatic rings. The Kier molecular flexibility index (Phi) is 1.99. The molecule has 0 unspecified atom stereocenters. The Balaban J connectivity index is 2.56. The Morgan fingerprint density at radius 2 is 2.50 bits per heavy atom. The number of rotatable bonds is 3. The fourth-order valence-electron chi connectivity index (χ4n) is 0.627. The summed E-state index contributed by atoms with van der Waals surface area (Å²) in [7, 11) is 0. The number of furan rings is 1. The molecule has 0 amide bonds. The van der Waals surface area contributed by atoms with Gasteiger partial charge >= 0.3 is 0 Å². The van der Waals surface area contributed by atoms with Crippen molar-refractivity contribution in [3.05, 3.63) is 24.2 Å². The van der Waals surface area contributed by atoms with Crippen LogP contribution >= 0.6 is 0 Å². The van der Waals surface area contributed by atoms with Gasteiger partial charge in [-0.25, -0.2) is 0 Å². The smallest absolute Gasteiger partial charge is 0.202 e. The number of ketones is 1. The van der Waals surface area contributed by atoms with Gasteiger partial charge in [0.1, 0.15) is 5.76 Å². The van der Waals surface area contributed by atoms with Gasteiger partial charge in [-0.2, -0.15) is 0 Å². The summed E-state index contributed by atoms with van der Waals surface area (Å²) in [6.07, 6.45) is 1.83. The van der Waals surface area contributed by atoms with Crippen molar-refractivity contribution >= 4 is 12.1 Å². The van der Waals surface area contributed by atoms with Gasteiger partial charge in [0.15, 0.2) is 6.29 Å². The monoisotopic (exact) mass is 138 g/mol. The van der Waals surface area contributed by atoms with Crippen molar-refractivity contribution in [2.24, 2.45) is 0 Å². The zero-order valence-electron chi connectivity index (χ0n) is 5.24. The lowest BCUT2D eigenvalue weighted by atomic mass is 10.2. The summed E-state index contributed by atoms with van der Waals surface area (Å²) in [5, 5.41) is 0. The summed E-state index contributed by atoms with van der Waals surface area (Å²) in [5.74, 6) is 0.0621. The van der Waals surface area contributed by atoms with Crippen LogP contribution in [0.2, 0.25) is 0 Å². The zero-order chi connectivity index (χ0) is 7.40. The van der Waals surface area contributed by atoms with Gasteiger partial charge in [-0.15, -0.1) is 0 Å². The highest BCUT2D eigenvalue weighted by Crippen LogP contribution is 1.99. The van der Waals surface area contributed by atoms with Crippen molar-refractivity contribution in [1.82, 2.24) is 0 Å². The highest BCUT2D eigenvalue weighted by molar-refractivity contribution is 6.25. The van der Waals surface area contributed by atoms with Crippen molar-refractivity contribution < 1.29 is 14.0 Å². The lowest BCUT2D eigenvalue weighted by molar-refractivity contribution is -0.129. The van der Waals surface area contributed by atoms with Crippen LogP contribution in [0.4, 0.5) is 0 Å². The molecule has 0 N–H and O–H groups in total. The van der Waals surface area contributed by atoms with E-state index in [0.717, 1.165) is 0 Å². The minimum Gasteiger partial charge on any atom is -0.469 e. The Morgan fingerprint density at radius 3 is 3.00 bits per heavy atom. The van der Waals surface area contributed by atoms with Gasteiger partial charge in [-0.05, 0) is 12.1 Å². The van der Waals surface area contributed by atoms with Crippen LogP contribution in [-0.4, -0.2) is 12.1 Å². The molecule has 0 spiro atoms. The first kappa shape index (κ1) is 6.74. The topological polar surface area (TPSA) is 47.3 Å². The highest BCUT2D eigenvalue weighted by atomic mass is 16.3. The number of Topliss-reactive ketones (excluding diaryl/α,β-unsaturated/α-hetero) is 1. The van der Waals surface area contributed by atoms with E-state index in [2.05, 4.69) is 0 Å². The summed E-state index contributed by atoms with van der Waals surface area (Å²) in [4.78, 5) is 20.3. The first-order chi connectivity index (χ1) is 4.83. The van der Waals surface area contributed by atoms with E-state index in [4.69, 9.17) is 4.42 Å². The summed E-state index contributed by atoms with van der Waals surface area (Å²) < 4.78 is 4.83. The van der Waals surface area contributed by atoms with Crippen LogP contribution in [0.1, 0.15) is 5.76 Å². The van der Waals surface area contributed by atoms with E-state index >= 15 is 0 Å². The standard InChI is InChI=1S/C7H6O3/c8-5-6(9)4-7-2-1-3-10-7/h1-3,5H,4H2. The van der Waals surface area contributed by atoms with E-state index in [1.54, 1.807) is 12.1 Å². The molecule has 0 fully saturated rings. The lowest BCUT2D eigenvalue weighted by Gasteiger charge is -1.85. The molecule has 10 heavy (non-hydrogen) atoms. The number of carbonyl (C=O) groups excluding carboxylic acids is 2. The molecule has 0 aliphatic carbocycles. The first-order valence-corrected chi connectivity index (χ1v) is 2.83. The molecule has 0 saturated carbocycles. The van der Waals surface area contributed by atoms with Crippen molar-refractivity contribution in [3.8, 4) is 0 Å². The third-order valence-electron chi connectivity index (χ3n) is 1.06. The number of hydrogen-bond acceptors (Lipinski definition) is 3. The van der Waals surface area contributed by atoms with E-state index < -0.39 is 5.78 Å². The predicted molar refractivity (Wildman–Crippen MR) is 33.5 cm³/mol. The SMILES string of the molecule is O=CC(=O)Cc1ccco1. The van der Waals surface area contributed by atoms with Crippen LogP contribution in [0.25, 0.3) is 0 Å². The van der Waals surface area contributed by atoms with Crippen LogP contribution in [0.5, 0.6) is 0 Å². The molecule has 0 saturated heterocycles. The van der Waals surface area contributed by atoms with Crippen LogP contribution in [0, 0.1) is 0 Å². The van der Waals surface area contributed by atoms with E-state index in [1.165, 1.54) is 6.26 Å². The second-order valence-corrected chi connectivity index (χ2v) is 1.84. The molecule has 0 radical (unpaired) electrons. The minimum atomic E-state index is -0.463. The van der Waals surface area contributed by atoms with Crippen LogP contribution in [0.15, 0.2) is 22.8 Å². The number of hydrogen-bond donors (Lipinski definition) is 0. The summed E-state index contributed by atoms with van der Waals surface area (Å²) >= 11 is 0. The van der Waals surface area contributed by atoms with Crippen LogP contribution in [-0.2, 0) is 16.0 Å². The summed E-state index contributed by atoms with van der Waals surface area (Å²) in [6.45, 7) is 0. The second-order valence-electron chi connectivity index (χ2n) is 1.84. The molecule has 0 aliphatic rings. The molecular weight excluding hydrogens is 132 g/mol. The Bertz CT molecular complexity index is 223. The maximum Gasteiger partial charge on any atom is 0.202 e.